The maximum Gasteiger partial charge on any atom is 0.119 e. The molecule has 21 heavy (non-hydrogen) atoms. The molecule has 0 radical (unpaired) electrons. The molecule has 1 N–H and O–H groups in total. The molecular weight excluding hydrogens is 262 g/mol. The summed E-state index contributed by atoms with van der Waals surface area (Å²) in [6, 6.07) is 6.37. The molecule has 1 heterocycles. The van der Waals surface area contributed by atoms with Crippen molar-refractivity contribution in [2.75, 3.05) is 32.8 Å². The molecule has 0 bridgehead atoms. The van der Waals surface area contributed by atoms with Gasteiger partial charge < -0.3 is 14.7 Å². The van der Waals surface area contributed by atoms with Gasteiger partial charge in [0.25, 0.3) is 0 Å². The summed E-state index contributed by atoms with van der Waals surface area (Å²) in [5, 5.41) is 9.05. The van der Waals surface area contributed by atoms with E-state index < -0.39 is 0 Å². The summed E-state index contributed by atoms with van der Waals surface area (Å²) in [5.41, 5.74) is 2.51. The Labute approximate surface area is 128 Å². The largest absolute Gasteiger partial charge is 0.494 e. The number of aliphatic hydroxyl groups is 1. The Balaban J connectivity index is 1.67. The number of benzene rings is 1. The van der Waals surface area contributed by atoms with E-state index in [4.69, 9.17) is 9.84 Å². The van der Waals surface area contributed by atoms with Crippen LogP contribution in [0, 0.1) is 19.8 Å². The number of piperidine rings is 1. The smallest absolute Gasteiger partial charge is 0.119 e. The average molecular weight is 291 g/mol. The van der Waals surface area contributed by atoms with Crippen LogP contribution in [0.1, 0.15) is 36.8 Å². The summed E-state index contributed by atoms with van der Waals surface area (Å²) < 4.78 is 5.87. The first-order chi connectivity index (χ1) is 10.2. The molecule has 1 atom stereocenters. The van der Waals surface area contributed by atoms with Crippen molar-refractivity contribution in [3.05, 3.63) is 29.3 Å². The van der Waals surface area contributed by atoms with Crippen LogP contribution in [-0.4, -0.2) is 42.9 Å². The minimum absolute atomic E-state index is 0.328. The van der Waals surface area contributed by atoms with Crippen LogP contribution in [0.3, 0.4) is 0 Å². The molecule has 1 fully saturated rings. The van der Waals surface area contributed by atoms with Gasteiger partial charge in [0.05, 0.1) is 6.61 Å². The van der Waals surface area contributed by atoms with Gasteiger partial charge in [-0.05, 0) is 75.3 Å². The van der Waals surface area contributed by atoms with Gasteiger partial charge in [0.15, 0.2) is 0 Å². The highest BCUT2D eigenvalue weighted by Crippen LogP contribution is 2.20. The molecule has 3 nitrogen and oxygen atoms in total. The third kappa shape index (κ3) is 5.68. The topological polar surface area (TPSA) is 32.7 Å². The zero-order valence-electron chi connectivity index (χ0n) is 13.5. The van der Waals surface area contributed by atoms with Crippen molar-refractivity contribution in [2.45, 2.75) is 39.5 Å². The fraction of sp³-hybridized carbons (Fsp3) is 0.667. The van der Waals surface area contributed by atoms with Gasteiger partial charge in [0.2, 0.25) is 0 Å². The van der Waals surface area contributed by atoms with Crippen LogP contribution in [-0.2, 0) is 0 Å². The lowest BCUT2D eigenvalue weighted by atomic mass is 9.95. The van der Waals surface area contributed by atoms with E-state index in [0.29, 0.717) is 12.5 Å². The van der Waals surface area contributed by atoms with Crippen LogP contribution in [0.15, 0.2) is 18.2 Å². The first kappa shape index (κ1) is 16.3. The first-order valence-corrected chi connectivity index (χ1v) is 8.21. The Kier molecular flexibility index (Phi) is 6.52. The van der Waals surface area contributed by atoms with Crippen LogP contribution in [0.2, 0.25) is 0 Å². The second-order valence-corrected chi connectivity index (χ2v) is 6.35. The van der Waals surface area contributed by atoms with Crippen molar-refractivity contribution >= 4 is 0 Å². The van der Waals surface area contributed by atoms with Crippen molar-refractivity contribution in [3.8, 4) is 5.75 Å². The number of rotatable bonds is 7. The SMILES string of the molecule is Cc1cc(C)cc(OCCCN2CCCC(CCO)C2)c1. The number of likely N-dealkylation sites (tertiary alicyclic amines) is 1. The highest BCUT2D eigenvalue weighted by Gasteiger charge is 2.18. The predicted octanol–water partition coefficient (Wildman–Crippen LogP) is 3.17. The number of aliphatic hydroxyl groups excluding tert-OH is 1. The minimum Gasteiger partial charge on any atom is -0.494 e. The standard InChI is InChI=1S/C18H29NO2/c1-15-11-16(2)13-18(12-15)21-10-4-8-19-7-3-5-17(14-19)6-9-20/h11-13,17,20H,3-10,14H2,1-2H3. The quantitative estimate of drug-likeness (QED) is 0.783. The normalized spacial score (nSPS) is 19.7. The predicted molar refractivity (Wildman–Crippen MR) is 86.9 cm³/mol. The maximum absolute atomic E-state index is 9.05. The van der Waals surface area contributed by atoms with E-state index in [1.807, 2.05) is 0 Å². The van der Waals surface area contributed by atoms with E-state index in [-0.39, 0.29) is 0 Å². The molecule has 0 aliphatic carbocycles. The summed E-state index contributed by atoms with van der Waals surface area (Å²) in [4.78, 5) is 2.52. The second kappa shape index (κ2) is 8.40. The van der Waals surface area contributed by atoms with Gasteiger partial charge >= 0.3 is 0 Å². The molecule has 1 aromatic rings. The molecule has 0 saturated carbocycles. The fourth-order valence-corrected chi connectivity index (χ4v) is 3.27. The zero-order chi connectivity index (χ0) is 15.1. The number of nitrogens with zero attached hydrogens (tertiary/aromatic N) is 1. The summed E-state index contributed by atoms with van der Waals surface area (Å²) in [5.74, 6) is 1.67. The van der Waals surface area contributed by atoms with Gasteiger partial charge in [0.1, 0.15) is 5.75 Å². The molecule has 0 spiro atoms. The first-order valence-electron chi connectivity index (χ1n) is 8.21. The van der Waals surface area contributed by atoms with Crippen LogP contribution >= 0.6 is 0 Å². The van der Waals surface area contributed by atoms with Crippen molar-refractivity contribution in [2.24, 2.45) is 5.92 Å². The van der Waals surface area contributed by atoms with Crippen molar-refractivity contribution in [1.82, 2.24) is 4.90 Å². The Bertz CT molecular complexity index is 411. The third-order valence-corrected chi connectivity index (χ3v) is 4.22. The van der Waals surface area contributed by atoms with Crippen LogP contribution < -0.4 is 4.74 Å². The van der Waals surface area contributed by atoms with Crippen LogP contribution in [0.5, 0.6) is 5.75 Å². The molecule has 3 heteroatoms. The Morgan fingerprint density at radius 3 is 2.71 bits per heavy atom. The van der Waals surface area contributed by atoms with Gasteiger partial charge in [-0.15, -0.1) is 0 Å². The minimum atomic E-state index is 0.328. The molecule has 1 aliphatic rings. The molecular formula is C18H29NO2. The van der Waals surface area contributed by atoms with E-state index in [0.717, 1.165) is 38.3 Å². The van der Waals surface area contributed by atoms with Gasteiger partial charge in [0, 0.05) is 19.7 Å². The van der Waals surface area contributed by atoms with Crippen molar-refractivity contribution in [3.63, 3.8) is 0 Å². The second-order valence-electron chi connectivity index (χ2n) is 6.35. The Morgan fingerprint density at radius 1 is 1.24 bits per heavy atom. The number of ether oxygens (including phenoxy) is 1. The van der Waals surface area contributed by atoms with Crippen LogP contribution in [0.4, 0.5) is 0 Å². The lowest BCUT2D eigenvalue weighted by Crippen LogP contribution is -2.36. The molecule has 118 valence electrons. The van der Waals surface area contributed by atoms with Crippen molar-refractivity contribution < 1.29 is 9.84 Å². The molecule has 0 aromatic heterocycles. The molecule has 1 saturated heterocycles. The lowest BCUT2D eigenvalue weighted by molar-refractivity contribution is 0.140. The van der Waals surface area contributed by atoms with E-state index in [1.165, 1.54) is 30.5 Å². The van der Waals surface area contributed by atoms with Gasteiger partial charge in [-0.1, -0.05) is 6.07 Å². The average Bonchev–Trinajstić information content (AvgIpc) is 2.43. The van der Waals surface area contributed by atoms with E-state index in [1.54, 1.807) is 0 Å². The summed E-state index contributed by atoms with van der Waals surface area (Å²) >= 11 is 0. The lowest BCUT2D eigenvalue weighted by Gasteiger charge is -2.32. The third-order valence-electron chi connectivity index (χ3n) is 4.22. The van der Waals surface area contributed by atoms with E-state index >= 15 is 0 Å². The number of hydrogen-bond donors (Lipinski definition) is 1. The molecule has 2 rings (SSSR count). The number of aryl methyl sites for hydroxylation is 2. The molecule has 1 aliphatic heterocycles. The molecule has 1 unspecified atom stereocenters. The molecule has 0 amide bonds. The monoisotopic (exact) mass is 291 g/mol. The van der Waals surface area contributed by atoms with Crippen molar-refractivity contribution in [1.29, 1.82) is 0 Å². The highest BCUT2D eigenvalue weighted by molar-refractivity contribution is 5.32. The Morgan fingerprint density at radius 2 is 2.00 bits per heavy atom. The summed E-state index contributed by atoms with van der Waals surface area (Å²) in [7, 11) is 0. The maximum atomic E-state index is 9.05. The van der Waals surface area contributed by atoms with Gasteiger partial charge in [-0.2, -0.15) is 0 Å². The van der Waals surface area contributed by atoms with E-state index in [9.17, 15) is 0 Å². The fourth-order valence-electron chi connectivity index (χ4n) is 3.27. The van der Waals surface area contributed by atoms with Gasteiger partial charge in [-0.3, -0.25) is 0 Å². The van der Waals surface area contributed by atoms with E-state index in [2.05, 4.69) is 36.9 Å². The van der Waals surface area contributed by atoms with Gasteiger partial charge in [-0.25, -0.2) is 0 Å². The Hall–Kier alpha value is -1.06. The zero-order valence-corrected chi connectivity index (χ0v) is 13.5. The summed E-state index contributed by atoms with van der Waals surface area (Å²) in [6.45, 7) is 8.77. The number of hydrogen-bond acceptors (Lipinski definition) is 3. The molecule has 1 aromatic carbocycles. The summed E-state index contributed by atoms with van der Waals surface area (Å²) in [6.07, 6.45) is 4.56. The van der Waals surface area contributed by atoms with Crippen LogP contribution in [0.25, 0.3) is 0 Å². The highest BCUT2D eigenvalue weighted by atomic mass is 16.5.